The van der Waals surface area contributed by atoms with Crippen LogP contribution in [0.3, 0.4) is 0 Å². The number of amides is 1. The van der Waals surface area contributed by atoms with E-state index in [0.29, 0.717) is 18.7 Å². The predicted molar refractivity (Wildman–Crippen MR) is 112 cm³/mol. The first kappa shape index (κ1) is 19.1. The van der Waals surface area contributed by atoms with Crippen LogP contribution in [0, 0.1) is 0 Å². The van der Waals surface area contributed by atoms with Crippen molar-refractivity contribution in [3.63, 3.8) is 0 Å². The zero-order valence-corrected chi connectivity index (χ0v) is 16.0. The lowest BCUT2D eigenvalue weighted by Crippen LogP contribution is -2.27. The average molecular weight is 378 g/mol. The smallest absolute Gasteiger partial charge is 0.251 e. The van der Waals surface area contributed by atoms with E-state index in [-0.39, 0.29) is 5.91 Å². The normalized spacial score (nSPS) is 10.4. The molecule has 0 saturated carbocycles. The predicted octanol–water partition coefficient (Wildman–Crippen LogP) is 4.93. The number of hydrogen-bond donors (Lipinski definition) is 1. The number of rotatable bonds is 9. The molecule has 3 aromatic carbocycles. The third-order valence-electron chi connectivity index (χ3n) is 4.04. The van der Waals surface area contributed by atoms with E-state index in [0.717, 1.165) is 22.8 Å². The fraction of sp³-hybridized carbons (Fsp3) is 0.174. The van der Waals surface area contributed by atoms with Crippen molar-refractivity contribution >= 4 is 17.7 Å². The Morgan fingerprint density at radius 1 is 0.852 bits per heavy atom. The summed E-state index contributed by atoms with van der Waals surface area (Å²) in [6.07, 6.45) is 0. The first-order chi connectivity index (χ1) is 13.3. The van der Waals surface area contributed by atoms with Gasteiger partial charge in [-0.05, 0) is 23.8 Å². The highest BCUT2D eigenvalue weighted by Gasteiger charge is 2.10. The number of benzene rings is 3. The summed E-state index contributed by atoms with van der Waals surface area (Å²) in [4.78, 5) is 12.5. The Bertz CT molecular complexity index is 837. The molecule has 0 aliphatic rings. The summed E-state index contributed by atoms with van der Waals surface area (Å²) in [5, 5.41) is 3.01. The van der Waals surface area contributed by atoms with E-state index in [4.69, 9.17) is 4.74 Å². The van der Waals surface area contributed by atoms with E-state index < -0.39 is 0 Å². The zero-order valence-electron chi connectivity index (χ0n) is 15.1. The molecule has 1 N–H and O–H groups in total. The molecule has 0 heterocycles. The molecule has 0 bridgehead atoms. The molecule has 138 valence electrons. The van der Waals surface area contributed by atoms with Crippen molar-refractivity contribution in [2.45, 2.75) is 12.4 Å². The zero-order chi connectivity index (χ0) is 18.7. The van der Waals surface area contributed by atoms with Crippen molar-refractivity contribution in [1.82, 2.24) is 5.32 Å². The highest BCUT2D eigenvalue weighted by Crippen LogP contribution is 2.15. The Morgan fingerprint density at radius 2 is 1.52 bits per heavy atom. The molecule has 0 atom stereocenters. The van der Waals surface area contributed by atoms with E-state index in [1.54, 1.807) is 0 Å². The molecule has 0 saturated heterocycles. The third kappa shape index (κ3) is 6.19. The molecular formula is C23H23NO2S. The van der Waals surface area contributed by atoms with Gasteiger partial charge >= 0.3 is 0 Å². The van der Waals surface area contributed by atoms with Crippen LogP contribution in [0.25, 0.3) is 0 Å². The summed E-state index contributed by atoms with van der Waals surface area (Å²) < 4.78 is 5.79. The topological polar surface area (TPSA) is 38.3 Å². The van der Waals surface area contributed by atoms with Crippen molar-refractivity contribution in [2.75, 3.05) is 12.3 Å². The molecule has 4 heteroatoms. The molecule has 3 nitrogen and oxygen atoms in total. The lowest BCUT2D eigenvalue weighted by Gasteiger charge is -2.11. The summed E-state index contributed by atoms with van der Waals surface area (Å²) >= 11 is 1.82. The van der Waals surface area contributed by atoms with Gasteiger partial charge in [-0.15, -0.1) is 0 Å². The Labute approximate surface area is 164 Å². The van der Waals surface area contributed by atoms with Gasteiger partial charge in [-0.2, -0.15) is 11.8 Å². The minimum atomic E-state index is -0.0532. The summed E-state index contributed by atoms with van der Waals surface area (Å²) in [6.45, 7) is 1.01. The van der Waals surface area contributed by atoms with Crippen LogP contribution in [-0.4, -0.2) is 18.2 Å². The summed E-state index contributed by atoms with van der Waals surface area (Å²) in [6, 6.07) is 27.6. The van der Waals surface area contributed by atoms with E-state index in [1.165, 1.54) is 5.56 Å². The number of thioether (sulfide) groups is 1. The van der Waals surface area contributed by atoms with E-state index in [1.807, 2.05) is 84.6 Å². The second-order valence-corrected chi connectivity index (χ2v) is 7.16. The summed E-state index contributed by atoms with van der Waals surface area (Å²) in [5.41, 5.74) is 2.86. The Morgan fingerprint density at radius 3 is 2.30 bits per heavy atom. The van der Waals surface area contributed by atoms with Gasteiger partial charge in [0.1, 0.15) is 12.4 Å². The lowest BCUT2D eigenvalue weighted by molar-refractivity contribution is 0.0953. The highest BCUT2D eigenvalue weighted by atomic mass is 32.2. The maximum Gasteiger partial charge on any atom is 0.251 e. The van der Waals surface area contributed by atoms with Crippen LogP contribution < -0.4 is 10.1 Å². The van der Waals surface area contributed by atoms with Crippen LogP contribution >= 0.6 is 11.8 Å². The number of ether oxygens (including phenoxy) is 1. The van der Waals surface area contributed by atoms with Crippen LogP contribution in [-0.2, 0) is 12.4 Å². The first-order valence-corrected chi connectivity index (χ1v) is 10.1. The van der Waals surface area contributed by atoms with Gasteiger partial charge in [0.15, 0.2) is 0 Å². The molecule has 0 aliphatic carbocycles. The largest absolute Gasteiger partial charge is 0.489 e. The number of nitrogens with one attached hydrogen (secondary N) is 1. The third-order valence-corrected chi connectivity index (χ3v) is 5.07. The molecule has 0 aromatic heterocycles. The molecule has 0 radical (unpaired) electrons. The second-order valence-electron chi connectivity index (χ2n) is 6.05. The van der Waals surface area contributed by atoms with Gasteiger partial charge in [0.25, 0.3) is 5.91 Å². The van der Waals surface area contributed by atoms with Gasteiger partial charge in [0.2, 0.25) is 0 Å². The number of carbonyl (C=O) groups is 1. The Kier molecular flexibility index (Phi) is 7.36. The molecule has 0 aliphatic heterocycles. The lowest BCUT2D eigenvalue weighted by atomic mass is 10.1. The van der Waals surface area contributed by atoms with Crippen LogP contribution in [0.4, 0.5) is 0 Å². The minimum absolute atomic E-state index is 0.0532. The van der Waals surface area contributed by atoms with E-state index >= 15 is 0 Å². The maximum atomic E-state index is 12.5. The van der Waals surface area contributed by atoms with Gasteiger partial charge < -0.3 is 10.1 Å². The standard InChI is InChI=1S/C23H23NO2S/c25-23(24-15-16-27-18-19-9-3-1-4-10-19)22-14-8-7-11-20(22)17-26-21-12-5-2-6-13-21/h1-14H,15-18H2,(H,24,25). The van der Waals surface area contributed by atoms with Crippen LogP contribution in [0.15, 0.2) is 84.9 Å². The fourth-order valence-electron chi connectivity index (χ4n) is 2.64. The molecule has 0 fully saturated rings. The molecule has 0 unspecified atom stereocenters. The quantitative estimate of drug-likeness (QED) is 0.538. The fourth-order valence-corrected chi connectivity index (χ4v) is 3.46. The number of para-hydroxylation sites is 1. The van der Waals surface area contributed by atoms with Gasteiger partial charge in [-0.1, -0.05) is 66.7 Å². The Hall–Kier alpha value is -2.72. The molecule has 1 amide bonds. The van der Waals surface area contributed by atoms with Gasteiger partial charge in [-0.3, -0.25) is 4.79 Å². The highest BCUT2D eigenvalue weighted by molar-refractivity contribution is 7.98. The van der Waals surface area contributed by atoms with Crippen LogP contribution in [0.1, 0.15) is 21.5 Å². The van der Waals surface area contributed by atoms with Gasteiger partial charge in [-0.25, -0.2) is 0 Å². The van der Waals surface area contributed by atoms with E-state index in [2.05, 4.69) is 17.4 Å². The van der Waals surface area contributed by atoms with Crippen LogP contribution in [0.2, 0.25) is 0 Å². The Balaban J connectivity index is 1.46. The summed E-state index contributed by atoms with van der Waals surface area (Å²) in [7, 11) is 0. The first-order valence-electron chi connectivity index (χ1n) is 8.98. The van der Waals surface area contributed by atoms with Gasteiger partial charge in [0, 0.05) is 29.2 Å². The molecule has 0 spiro atoms. The summed E-state index contributed by atoms with van der Waals surface area (Å²) in [5.74, 6) is 2.58. The van der Waals surface area contributed by atoms with Crippen molar-refractivity contribution in [1.29, 1.82) is 0 Å². The molecular weight excluding hydrogens is 354 g/mol. The monoisotopic (exact) mass is 377 g/mol. The number of hydrogen-bond acceptors (Lipinski definition) is 3. The average Bonchev–Trinajstić information content (AvgIpc) is 2.73. The van der Waals surface area contributed by atoms with Crippen molar-refractivity contribution in [3.05, 3.63) is 102 Å². The molecule has 3 aromatic rings. The SMILES string of the molecule is O=C(NCCSCc1ccccc1)c1ccccc1COc1ccccc1. The molecule has 3 rings (SSSR count). The van der Waals surface area contributed by atoms with Crippen molar-refractivity contribution < 1.29 is 9.53 Å². The van der Waals surface area contributed by atoms with Gasteiger partial charge in [0.05, 0.1) is 0 Å². The molecule has 27 heavy (non-hydrogen) atoms. The number of carbonyl (C=O) groups excluding carboxylic acids is 1. The van der Waals surface area contributed by atoms with Crippen molar-refractivity contribution in [2.24, 2.45) is 0 Å². The minimum Gasteiger partial charge on any atom is -0.489 e. The van der Waals surface area contributed by atoms with Crippen LogP contribution in [0.5, 0.6) is 5.75 Å². The maximum absolute atomic E-state index is 12.5. The van der Waals surface area contributed by atoms with Crippen molar-refractivity contribution in [3.8, 4) is 5.75 Å². The second kappa shape index (κ2) is 10.4. The van der Waals surface area contributed by atoms with E-state index in [9.17, 15) is 4.79 Å².